The zero-order valence-corrected chi connectivity index (χ0v) is 12.8. The van der Waals surface area contributed by atoms with Gasteiger partial charge in [0, 0.05) is 20.0 Å². The predicted octanol–water partition coefficient (Wildman–Crippen LogP) is 1.74. The molecule has 118 valence electrons. The minimum absolute atomic E-state index is 0.186. The maximum atomic E-state index is 13.7. The summed E-state index contributed by atoms with van der Waals surface area (Å²) in [6.07, 6.45) is 0.384. The van der Waals surface area contributed by atoms with Crippen LogP contribution in [0.4, 0.5) is 8.78 Å². The molecule has 0 fully saturated rings. The predicted molar refractivity (Wildman–Crippen MR) is 77.3 cm³/mol. The molecule has 6 nitrogen and oxygen atoms in total. The third-order valence-corrected chi connectivity index (χ3v) is 3.46. The molecule has 1 aromatic heterocycles. The van der Waals surface area contributed by atoms with Gasteiger partial charge in [-0.3, -0.25) is 9.89 Å². The first kappa shape index (κ1) is 16.1. The summed E-state index contributed by atoms with van der Waals surface area (Å²) in [6, 6.07) is 1.78. The second-order valence-electron chi connectivity index (χ2n) is 4.45. The molecule has 9 heteroatoms. The highest BCUT2D eigenvalue weighted by molar-refractivity contribution is 7.71. The van der Waals surface area contributed by atoms with Crippen molar-refractivity contribution in [2.24, 2.45) is 7.05 Å². The number of nitrogens with zero attached hydrogens (tertiary/aromatic N) is 2. The Labute approximate surface area is 130 Å². The van der Waals surface area contributed by atoms with Crippen LogP contribution in [0.2, 0.25) is 0 Å². The quantitative estimate of drug-likeness (QED) is 0.820. The number of aromatic nitrogens is 3. The molecule has 0 spiro atoms. The van der Waals surface area contributed by atoms with Crippen LogP contribution >= 0.6 is 12.2 Å². The van der Waals surface area contributed by atoms with E-state index in [2.05, 4.69) is 15.5 Å². The standard InChI is InChI=1S/C13H14F2N4O2S/c1-19-9(17-18-13(19)22)5-6-16-12(20)10-7(14)3-4-8(15)11(10)21-2/h3-4H,5-6H2,1-2H3,(H,16,20)(H,18,22). The summed E-state index contributed by atoms with van der Waals surface area (Å²) in [5.74, 6) is -2.20. The normalized spacial score (nSPS) is 10.5. The SMILES string of the molecule is COc1c(F)ccc(F)c1C(=O)NCCc1n[nH]c(=S)n1C. The van der Waals surface area contributed by atoms with Crippen molar-refractivity contribution in [1.82, 2.24) is 20.1 Å². The molecule has 0 bridgehead atoms. The fraction of sp³-hybridized carbons (Fsp3) is 0.308. The molecule has 1 aromatic carbocycles. The van der Waals surface area contributed by atoms with Gasteiger partial charge in [-0.25, -0.2) is 8.78 Å². The summed E-state index contributed by atoms with van der Waals surface area (Å²) in [5, 5.41) is 9.10. The van der Waals surface area contributed by atoms with Crippen LogP contribution < -0.4 is 10.1 Å². The van der Waals surface area contributed by atoms with Crippen LogP contribution in [0, 0.1) is 16.4 Å². The largest absolute Gasteiger partial charge is 0.493 e. The Morgan fingerprint density at radius 3 is 2.73 bits per heavy atom. The lowest BCUT2D eigenvalue weighted by Gasteiger charge is -2.10. The first-order valence-electron chi connectivity index (χ1n) is 6.36. The zero-order valence-electron chi connectivity index (χ0n) is 11.9. The molecule has 0 aliphatic carbocycles. The van der Waals surface area contributed by atoms with Crippen LogP contribution in [-0.4, -0.2) is 34.3 Å². The summed E-state index contributed by atoms with van der Waals surface area (Å²) in [5.41, 5.74) is -0.460. The van der Waals surface area contributed by atoms with Gasteiger partial charge in [-0.2, -0.15) is 5.10 Å². The molecular formula is C13H14F2N4O2S. The first-order valence-corrected chi connectivity index (χ1v) is 6.77. The van der Waals surface area contributed by atoms with Crippen molar-refractivity contribution in [3.05, 3.63) is 39.9 Å². The van der Waals surface area contributed by atoms with Gasteiger partial charge < -0.3 is 14.6 Å². The molecule has 2 aromatic rings. The summed E-state index contributed by atoms with van der Waals surface area (Å²) in [4.78, 5) is 12.0. The van der Waals surface area contributed by atoms with E-state index in [1.165, 1.54) is 7.11 Å². The second-order valence-corrected chi connectivity index (χ2v) is 4.83. The van der Waals surface area contributed by atoms with E-state index in [9.17, 15) is 13.6 Å². The van der Waals surface area contributed by atoms with Crippen molar-refractivity contribution < 1.29 is 18.3 Å². The van der Waals surface area contributed by atoms with Gasteiger partial charge in [-0.15, -0.1) is 0 Å². The molecule has 2 N–H and O–H groups in total. The maximum Gasteiger partial charge on any atom is 0.258 e. The number of ether oxygens (including phenoxy) is 1. The van der Waals surface area contributed by atoms with Crippen LogP contribution in [0.1, 0.15) is 16.2 Å². The highest BCUT2D eigenvalue weighted by Gasteiger charge is 2.21. The summed E-state index contributed by atoms with van der Waals surface area (Å²) in [6.45, 7) is 0.186. The lowest BCUT2D eigenvalue weighted by Crippen LogP contribution is -2.28. The number of H-pyrrole nitrogens is 1. The minimum atomic E-state index is -0.853. The topological polar surface area (TPSA) is 71.9 Å². The number of carbonyl (C=O) groups is 1. The molecule has 22 heavy (non-hydrogen) atoms. The molecule has 0 saturated heterocycles. The van der Waals surface area contributed by atoms with E-state index in [0.29, 0.717) is 17.0 Å². The molecule has 0 aliphatic rings. The molecule has 0 saturated carbocycles. The number of aromatic amines is 1. The highest BCUT2D eigenvalue weighted by Crippen LogP contribution is 2.25. The molecule has 0 unspecified atom stereocenters. The van der Waals surface area contributed by atoms with E-state index in [-0.39, 0.29) is 6.54 Å². The fourth-order valence-electron chi connectivity index (χ4n) is 1.92. The number of nitrogens with one attached hydrogen (secondary N) is 2. The number of benzene rings is 1. The number of hydrogen-bond donors (Lipinski definition) is 2. The number of rotatable bonds is 5. The lowest BCUT2D eigenvalue weighted by atomic mass is 10.1. The van der Waals surface area contributed by atoms with Crippen molar-refractivity contribution in [2.75, 3.05) is 13.7 Å². The minimum Gasteiger partial charge on any atom is -0.493 e. The average Bonchev–Trinajstić information content (AvgIpc) is 2.81. The van der Waals surface area contributed by atoms with Gasteiger partial charge in [0.25, 0.3) is 5.91 Å². The van der Waals surface area contributed by atoms with Gasteiger partial charge >= 0.3 is 0 Å². The van der Waals surface area contributed by atoms with Crippen molar-refractivity contribution in [3.63, 3.8) is 0 Å². The van der Waals surface area contributed by atoms with Gasteiger partial charge in [-0.1, -0.05) is 0 Å². The number of methoxy groups -OCH3 is 1. The monoisotopic (exact) mass is 328 g/mol. The molecule has 1 amide bonds. The molecule has 0 atom stereocenters. The van der Waals surface area contributed by atoms with E-state index in [4.69, 9.17) is 17.0 Å². The Bertz CT molecular complexity index is 757. The number of carbonyl (C=O) groups excluding carboxylic acids is 1. The van der Waals surface area contributed by atoms with E-state index < -0.39 is 28.9 Å². The van der Waals surface area contributed by atoms with Gasteiger partial charge in [0.15, 0.2) is 16.3 Å². The zero-order chi connectivity index (χ0) is 16.3. The van der Waals surface area contributed by atoms with Gasteiger partial charge in [-0.05, 0) is 24.4 Å². The van der Waals surface area contributed by atoms with E-state index in [1.54, 1.807) is 11.6 Å². The van der Waals surface area contributed by atoms with E-state index in [1.807, 2.05) is 0 Å². The van der Waals surface area contributed by atoms with E-state index in [0.717, 1.165) is 12.1 Å². The number of amides is 1. The Hall–Kier alpha value is -2.29. The van der Waals surface area contributed by atoms with Crippen LogP contribution in [0.3, 0.4) is 0 Å². The third-order valence-electron chi connectivity index (χ3n) is 3.10. The molecular weight excluding hydrogens is 314 g/mol. The Morgan fingerprint density at radius 1 is 1.45 bits per heavy atom. The van der Waals surface area contributed by atoms with Crippen LogP contribution in [0.15, 0.2) is 12.1 Å². The van der Waals surface area contributed by atoms with Crippen molar-refractivity contribution in [1.29, 1.82) is 0 Å². The van der Waals surface area contributed by atoms with Gasteiger partial charge in [0.2, 0.25) is 0 Å². The Balaban J connectivity index is 2.09. The van der Waals surface area contributed by atoms with Crippen molar-refractivity contribution >= 4 is 18.1 Å². The Kier molecular flexibility index (Phi) is 4.86. The van der Waals surface area contributed by atoms with Crippen LogP contribution in [-0.2, 0) is 13.5 Å². The summed E-state index contributed by atoms with van der Waals surface area (Å²) in [7, 11) is 2.90. The highest BCUT2D eigenvalue weighted by atomic mass is 32.1. The van der Waals surface area contributed by atoms with Crippen LogP contribution in [0.25, 0.3) is 0 Å². The van der Waals surface area contributed by atoms with Gasteiger partial charge in [0.05, 0.1) is 7.11 Å². The van der Waals surface area contributed by atoms with Gasteiger partial charge in [0.1, 0.15) is 17.2 Å². The van der Waals surface area contributed by atoms with Crippen molar-refractivity contribution in [2.45, 2.75) is 6.42 Å². The fourth-order valence-corrected chi connectivity index (χ4v) is 2.07. The summed E-state index contributed by atoms with van der Waals surface area (Å²) >= 11 is 4.97. The third kappa shape index (κ3) is 3.14. The molecule has 0 aliphatic heterocycles. The Morgan fingerprint density at radius 2 is 2.14 bits per heavy atom. The second kappa shape index (κ2) is 6.65. The smallest absolute Gasteiger partial charge is 0.258 e. The molecule has 0 radical (unpaired) electrons. The van der Waals surface area contributed by atoms with Crippen molar-refractivity contribution in [3.8, 4) is 5.75 Å². The maximum absolute atomic E-state index is 13.7. The first-order chi connectivity index (χ1) is 10.5. The molecule has 1 heterocycles. The van der Waals surface area contributed by atoms with Crippen LogP contribution in [0.5, 0.6) is 5.75 Å². The number of halogens is 2. The van der Waals surface area contributed by atoms with E-state index >= 15 is 0 Å². The lowest BCUT2D eigenvalue weighted by molar-refractivity contribution is 0.0945. The molecule has 2 rings (SSSR count). The average molecular weight is 328 g/mol. The summed E-state index contributed by atoms with van der Waals surface area (Å²) < 4.78 is 34.1. The number of hydrogen-bond acceptors (Lipinski definition) is 4.